The molecule has 1 aromatic heterocycles. The number of nitrogens with one attached hydrogen (secondary N) is 1. The molecule has 0 bridgehead atoms. The molecule has 0 aromatic carbocycles. The van der Waals surface area contributed by atoms with Crippen LogP contribution in [0, 0.1) is 0 Å². The molecule has 0 fully saturated rings. The molecule has 1 atom stereocenters. The Morgan fingerprint density at radius 1 is 1.73 bits per heavy atom. The average Bonchev–Trinajstić information content (AvgIpc) is 2.50. The van der Waals surface area contributed by atoms with Gasteiger partial charge in [-0.3, -0.25) is 5.10 Å². The standard InChI is InChI=1S/C8H12N2O/c1-11-7-4-2-3-6-5-9-10-8(6)7/h5,7H,2-4H2,1H3,(H,9,10). The van der Waals surface area contributed by atoms with Gasteiger partial charge in [0, 0.05) is 7.11 Å². The summed E-state index contributed by atoms with van der Waals surface area (Å²) in [4.78, 5) is 0. The van der Waals surface area contributed by atoms with E-state index in [-0.39, 0.29) is 6.10 Å². The summed E-state index contributed by atoms with van der Waals surface area (Å²) < 4.78 is 5.30. The molecular weight excluding hydrogens is 140 g/mol. The lowest BCUT2D eigenvalue weighted by Crippen LogP contribution is -2.10. The number of nitrogens with zero attached hydrogens (tertiary/aromatic N) is 1. The second-order valence-electron chi connectivity index (χ2n) is 2.93. The van der Waals surface area contributed by atoms with Gasteiger partial charge in [-0.1, -0.05) is 0 Å². The highest BCUT2D eigenvalue weighted by Gasteiger charge is 2.20. The topological polar surface area (TPSA) is 37.9 Å². The smallest absolute Gasteiger partial charge is 0.0987 e. The molecule has 1 N–H and O–H groups in total. The van der Waals surface area contributed by atoms with Crippen molar-refractivity contribution in [3.63, 3.8) is 0 Å². The van der Waals surface area contributed by atoms with Gasteiger partial charge in [-0.05, 0) is 24.8 Å². The van der Waals surface area contributed by atoms with Gasteiger partial charge in [-0.15, -0.1) is 0 Å². The Morgan fingerprint density at radius 2 is 2.64 bits per heavy atom. The lowest BCUT2D eigenvalue weighted by molar-refractivity contribution is 0.0846. The van der Waals surface area contributed by atoms with Gasteiger partial charge in [0.25, 0.3) is 0 Å². The van der Waals surface area contributed by atoms with Crippen molar-refractivity contribution in [2.45, 2.75) is 25.4 Å². The van der Waals surface area contributed by atoms with Crippen LogP contribution < -0.4 is 0 Å². The minimum Gasteiger partial charge on any atom is -0.375 e. The summed E-state index contributed by atoms with van der Waals surface area (Å²) in [5.41, 5.74) is 2.50. The molecule has 0 aliphatic heterocycles. The number of H-pyrrole nitrogens is 1. The zero-order chi connectivity index (χ0) is 7.68. The molecule has 1 aliphatic carbocycles. The number of hydrogen-bond acceptors (Lipinski definition) is 2. The molecule has 2 rings (SSSR count). The first kappa shape index (κ1) is 6.85. The quantitative estimate of drug-likeness (QED) is 0.661. The molecule has 0 amide bonds. The second-order valence-corrected chi connectivity index (χ2v) is 2.93. The number of aromatic amines is 1. The van der Waals surface area contributed by atoms with E-state index in [2.05, 4.69) is 10.2 Å². The summed E-state index contributed by atoms with van der Waals surface area (Å²) in [5, 5.41) is 6.98. The van der Waals surface area contributed by atoms with Crippen molar-refractivity contribution in [3.05, 3.63) is 17.5 Å². The number of rotatable bonds is 1. The van der Waals surface area contributed by atoms with Crippen molar-refractivity contribution < 1.29 is 4.74 Å². The first-order chi connectivity index (χ1) is 5.42. The molecule has 0 saturated carbocycles. The molecule has 3 nitrogen and oxygen atoms in total. The second kappa shape index (κ2) is 2.66. The third-order valence-corrected chi connectivity index (χ3v) is 2.27. The summed E-state index contributed by atoms with van der Waals surface area (Å²) in [6, 6.07) is 0. The molecule has 0 radical (unpaired) electrons. The van der Waals surface area contributed by atoms with Gasteiger partial charge in [0.2, 0.25) is 0 Å². The van der Waals surface area contributed by atoms with Crippen LogP contribution in [0.15, 0.2) is 6.20 Å². The average molecular weight is 152 g/mol. The maximum atomic E-state index is 5.30. The normalized spacial score (nSPS) is 23.2. The molecule has 0 spiro atoms. The summed E-state index contributed by atoms with van der Waals surface area (Å²) in [5.74, 6) is 0. The SMILES string of the molecule is COC1CCCc2cn[nH]c21. The van der Waals surface area contributed by atoms with Crippen LogP contribution >= 0.6 is 0 Å². The van der Waals surface area contributed by atoms with Crippen LogP contribution in [0.25, 0.3) is 0 Å². The highest BCUT2D eigenvalue weighted by Crippen LogP contribution is 2.29. The first-order valence-corrected chi connectivity index (χ1v) is 3.96. The van der Waals surface area contributed by atoms with E-state index in [1.165, 1.54) is 17.7 Å². The zero-order valence-corrected chi connectivity index (χ0v) is 6.63. The van der Waals surface area contributed by atoms with Crippen molar-refractivity contribution in [2.75, 3.05) is 7.11 Å². The molecular formula is C8H12N2O. The third kappa shape index (κ3) is 1.05. The Balaban J connectivity index is 2.32. The lowest BCUT2D eigenvalue weighted by Gasteiger charge is -2.19. The van der Waals surface area contributed by atoms with Crippen LogP contribution in [0.1, 0.15) is 30.2 Å². The van der Waals surface area contributed by atoms with E-state index in [0.717, 1.165) is 12.8 Å². The van der Waals surface area contributed by atoms with Gasteiger partial charge in [0.05, 0.1) is 18.0 Å². The van der Waals surface area contributed by atoms with Crippen LogP contribution in [-0.2, 0) is 11.2 Å². The molecule has 1 heterocycles. The number of aromatic nitrogens is 2. The van der Waals surface area contributed by atoms with Gasteiger partial charge in [-0.2, -0.15) is 5.10 Å². The number of hydrogen-bond donors (Lipinski definition) is 1. The van der Waals surface area contributed by atoms with Crippen LogP contribution in [0.5, 0.6) is 0 Å². The minimum atomic E-state index is 0.251. The number of aryl methyl sites for hydroxylation is 1. The van der Waals surface area contributed by atoms with E-state index in [0.29, 0.717) is 0 Å². The van der Waals surface area contributed by atoms with E-state index >= 15 is 0 Å². The Labute approximate surface area is 65.8 Å². The van der Waals surface area contributed by atoms with E-state index in [9.17, 15) is 0 Å². The van der Waals surface area contributed by atoms with Gasteiger partial charge in [-0.25, -0.2) is 0 Å². The zero-order valence-electron chi connectivity index (χ0n) is 6.63. The van der Waals surface area contributed by atoms with Crippen LogP contribution in [0.4, 0.5) is 0 Å². The third-order valence-electron chi connectivity index (χ3n) is 2.27. The Morgan fingerprint density at radius 3 is 3.45 bits per heavy atom. The van der Waals surface area contributed by atoms with Crippen molar-refractivity contribution in [1.29, 1.82) is 0 Å². The summed E-state index contributed by atoms with van der Waals surface area (Å²) in [6.07, 6.45) is 5.63. The highest BCUT2D eigenvalue weighted by atomic mass is 16.5. The van der Waals surface area contributed by atoms with E-state index < -0.39 is 0 Å². The molecule has 3 heteroatoms. The molecule has 1 aliphatic rings. The molecule has 11 heavy (non-hydrogen) atoms. The predicted octanol–water partition coefficient (Wildman–Crippen LogP) is 1.43. The number of fused-ring (bicyclic) bond motifs is 1. The van der Waals surface area contributed by atoms with Gasteiger partial charge in [0.1, 0.15) is 0 Å². The molecule has 60 valence electrons. The number of ether oxygens (including phenoxy) is 1. The van der Waals surface area contributed by atoms with E-state index in [1.807, 2.05) is 6.20 Å². The summed E-state index contributed by atoms with van der Waals surface area (Å²) in [6.45, 7) is 0. The van der Waals surface area contributed by atoms with Crippen molar-refractivity contribution in [3.8, 4) is 0 Å². The summed E-state index contributed by atoms with van der Waals surface area (Å²) in [7, 11) is 1.75. The number of methoxy groups -OCH3 is 1. The van der Waals surface area contributed by atoms with Crippen molar-refractivity contribution >= 4 is 0 Å². The van der Waals surface area contributed by atoms with Gasteiger partial charge < -0.3 is 4.74 Å². The van der Waals surface area contributed by atoms with E-state index in [4.69, 9.17) is 4.74 Å². The first-order valence-electron chi connectivity index (χ1n) is 3.96. The fraction of sp³-hybridized carbons (Fsp3) is 0.625. The maximum absolute atomic E-state index is 5.30. The fourth-order valence-electron chi connectivity index (χ4n) is 1.66. The lowest BCUT2D eigenvalue weighted by atomic mass is 9.96. The van der Waals surface area contributed by atoms with Crippen molar-refractivity contribution in [2.24, 2.45) is 0 Å². The maximum Gasteiger partial charge on any atom is 0.0987 e. The van der Waals surface area contributed by atoms with Gasteiger partial charge >= 0.3 is 0 Å². The molecule has 0 saturated heterocycles. The largest absolute Gasteiger partial charge is 0.375 e. The Kier molecular flexibility index (Phi) is 1.66. The molecule has 1 aromatic rings. The van der Waals surface area contributed by atoms with E-state index in [1.54, 1.807) is 7.11 Å². The van der Waals surface area contributed by atoms with Crippen LogP contribution in [-0.4, -0.2) is 17.3 Å². The van der Waals surface area contributed by atoms with Crippen LogP contribution in [0.3, 0.4) is 0 Å². The Hall–Kier alpha value is -0.830. The minimum absolute atomic E-state index is 0.251. The molecule has 1 unspecified atom stereocenters. The summed E-state index contributed by atoms with van der Waals surface area (Å²) >= 11 is 0. The Bertz CT molecular complexity index is 244. The fourth-order valence-corrected chi connectivity index (χ4v) is 1.66. The van der Waals surface area contributed by atoms with Gasteiger partial charge in [0.15, 0.2) is 0 Å². The van der Waals surface area contributed by atoms with Crippen molar-refractivity contribution in [1.82, 2.24) is 10.2 Å². The predicted molar refractivity (Wildman–Crippen MR) is 41.3 cm³/mol. The van der Waals surface area contributed by atoms with Crippen LogP contribution in [0.2, 0.25) is 0 Å². The highest BCUT2D eigenvalue weighted by molar-refractivity contribution is 5.21. The monoisotopic (exact) mass is 152 g/mol.